The lowest BCUT2D eigenvalue weighted by Gasteiger charge is -2.20. The molecule has 1 saturated heterocycles. The highest BCUT2D eigenvalue weighted by molar-refractivity contribution is 7.89. The minimum absolute atomic E-state index is 0.00506. The van der Waals surface area contributed by atoms with Crippen LogP contribution >= 0.6 is 34.8 Å². The van der Waals surface area contributed by atoms with Crippen molar-refractivity contribution in [3.8, 4) is 0 Å². The molecule has 2 rings (SSSR count). The first-order valence-electron chi connectivity index (χ1n) is 5.78. The van der Waals surface area contributed by atoms with Crippen LogP contribution in [0, 0.1) is 0 Å². The third-order valence-electron chi connectivity index (χ3n) is 2.89. The van der Waals surface area contributed by atoms with E-state index < -0.39 is 10.0 Å². The summed E-state index contributed by atoms with van der Waals surface area (Å²) in [6, 6.07) is 2.66. The molecule has 1 aliphatic rings. The van der Waals surface area contributed by atoms with Gasteiger partial charge in [-0.25, -0.2) is 8.42 Å². The summed E-state index contributed by atoms with van der Waals surface area (Å²) in [6.45, 7) is 2.31. The van der Waals surface area contributed by atoms with E-state index >= 15 is 0 Å². The Morgan fingerprint density at radius 3 is 2.42 bits per heavy atom. The Balaban J connectivity index is 2.41. The second-order valence-corrected chi connectivity index (χ2v) is 7.33. The molecule has 1 heterocycles. The maximum atomic E-state index is 12.5. The van der Waals surface area contributed by atoms with E-state index in [-0.39, 0.29) is 20.0 Å². The highest BCUT2D eigenvalue weighted by Crippen LogP contribution is 2.33. The van der Waals surface area contributed by atoms with Crippen LogP contribution in [-0.2, 0) is 10.0 Å². The van der Waals surface area contributed by atoms with E-state index in [0.717, 1.165) is 13.0 Å². The van der Waals surface area contributed by atoms with Gasteiger partial charge in [0.05, 0.1) is 15.1 Å². The van der Waals surface area contributed by atoms with Crippen molar-refractivity contribution < 1.29 is 8.42 Å². The van der Waals surface area contributed by atoms with Gasteiger partial charge in [0.25, 0.3) is 0 Å². The molecule has 1 N–H and O–H groups in total. The van der Waals surface area contributed by atoms with Gasteiger partial charge in [0, 0.05) is 19.6 Å². The molecule has 4 nitrogen and oxygen atoms in total. The van der Waals surface area contributed by atoms with Gasteiger partial charge in [0.2, 0.25) is 10.0 Å². The largest absolute Gasteiger partial charge is 0.315 e. The fourth-order valence-electron chi connectivity index (χ4n) is 1.90. The number of sulfonamides is 1. The van der Waals surface area contributed by atoms with Gasteiger partial charge in [-0.1, -0.05) is 34.8 Å². The molecular formula is C11H13Cl3N2O2S. The molecule has 0 saturated carbocycles. The second-order valence-electron chi connectivity index (χ2n) is 4.20. The molecule has 8 heteroatoms. The van der Waals surface area contributed by atoms with Crippen molar-refractivity contribution in [3.63, 3.8) is 0 Å². The van der Waals surface area contributed by atoms with Gasteiger partial charge in [-0.05, 0) is 25.1 Å². The van der Waals surface area contributed by atoms with Crippen molar-refractivity contribution in [2.75, 3.05) is 26.2 Å². The standard InChI is InChI=1S/C11H13Cl3N2O2S/c12-8-6-10(14)11(7-9(8)13)19(17,18)16-4-1-2-15-3-5-16/h6-7,15H,1-5H2. The first-order valence-corrected chi connectivity index (χ1v) is 8.36. The molecule has 0 amide bonds. The average Bonchev–Trinajstić information content (AvgIpc) is 2.62. The number of nitrogens with one attached hydrogen (secondary N) is 1. The molecule has 1 fully saturated rings. The first-order chi connectivity index (χ1) is 8.93. The van der Waals surface area contributed by atoms with Crippen molar-refractivity contribution in [1.29, 1.82) is 0 Å². The van der Waals surface area contributed by atoms with Crippen LogP contribution in [0.2, 0.25) is 15.1 Å². The Morgan fingerprint density at radius 1 is 1.00 bits per heavy atom. The molecule has 1 aromatic rings. The third kappa shape index (κ3) is 3.35. The number of hydrogen-bond donors (Lipinski definition) is 1. The number of benzene rings is 1. The predicted molar refractivity (Wildman–Crippen MR) is 77.7 cm³/mol. The van der Waals surface area contributed by atoms with Crippen molar-refractivity contribution in [3.05, 3.63) is 27.2 Å². The van der Waals surface area contributed by atoms with Crippen molar-refractivity contribution in [2.45, 2.75) is 11.3 Å². The summed E-state index contributed by atoms with van der Waals surface area (Å²) in [5.74, 6) is 0. The molecule has 106 valence electrons. The number of halogens is 3. The third-order valence-corrected chi connectivity index (χ3v) is 5.98. The zero-order chi connectivity index (χ0) is 14.0. The van der Waals surface area contributed by atoms with Crippen LogP contribution in [0.4, 0.5) is 0 Å². The molecule has 0 aliphatic carbocycles. The highest BCUT2D eigenvalue weighted by atomic mass is 35.5. The molecule has 0 bridgehead atoms. The van der Waals surface area contributed by atoms with E-state index in [1.165, 1.54) is 16.4 Å². The summed E-state index contributed by atoms with van der Waals surface area (Å²) in [4.78, 5) is 0.00506. The van der Waals surface area contributed by atoms with Crippen LogP contribution in [0.5, 0.6) is 0 Å². The van der Waals surface area contributed by atoms with Crippen molar-refractivity contribution in [2.24, 2.45) is 0 Å². The Bertz CT molecular complexity index is 570. The Hall–Kier alpha value is -0.0400. The van der Waals surface area contributed by atoms with Gasteiger partial charge < -0.3 is 5.32 Å². The Labute approximate surface area is 127 Å². The van der Waals surface area contributed by atoms with Gasteiger partial charge in [-0.15, -0.1) is 0 Å². The highest BCUT2D eigenvalue weighted by Gasteiger charge is 2.28. The van der Waals surface area contributed by atoms with Crippen LogP contribution in [0.25, 0.3) is 0 Å². The van der Waals surface area contributed by atoms with Gasteiger partial charge in [-0.3, -0.25) is 0 Å². The zero-order valence-electron chi connectivity index (χ0n) is 10.00. The van der Waals surface area contributed by atoms with Crippen LogP contribution in [0.3, 0.4) is 0 Å². The molecule has 0 radical (unpaired) electrons. The lowest BCUT2D eigenvalue weighted by Crippen LogP contribution is -2.34. The molecule has 0 spiro atoms. The predicted octanol–water partition coefficient (Wildman–Crippen LogP) is 2.63. The molecule has 1 aliphatic heterocycles. The normalized spacial score (nSPS) is 18.3. The lowest BCUT2D eigenvalue weighted by atomic mass is 10.4. The maximum Gasteiger partial charge on any atom is 0.244 e. The zero-order valence-corrected chi connectivity index (χ0v) is 13.1. The number of nitrogens with zero attached hydrogens (tertiary/aromatic N) is 1. The molecule has 19 heavy (non-hydrogen) atoms. The van der Waals surface area contributed by atoms with E-state index in [4.69, 9.17) is 34.8 Å². The Morgan fingerprint density at radius 2 is 1.68 bits per heavy atom. The minimum Gasteiger partial charge on any atom is -0.315 e. The van der Waals surface area contributed by atoms with Gasteiger partial charge in [0.15, 0.2) is 0 Å². The van der Waals surface area contributed by atoms with Crippen LogP contribution in [0.1, 0.15) is 6.42 Å². The van der Waals surface area contributed by atoms with Crippen LogP contribution < -0.4 is 5.32 Å². The van der Waals surface area contributed by atoms with Gasteiger partial charge in [0.1, 0.15) is 4.90 Å². The fourth-order valence-corrected chi connectivity index (χ4v) is 4.36. The van der Waals surface area contributed by atoms with E-state index in [1.807, 2.05) is 0 Å². The topological polar surface area (TPSA) is 49.4 Å². The summed E-state index contributed by atoms with van der Waals surface area (Å²) in [7, 11) is -3.64. The second kappa shape index (κ2) is 6.16. The van der Waals surface area contributed by atoms with E-state index in [0.29, 0.717) is 19.6 Å². The van der Waals surface area contributed by atoms with Crippen LogP contribution in [-0.4, -0.2) is 38.9 Å². The summed E-state index contributed by atoms with van der Waals surface area (Å²) in [5, 5.41) is 3.66. The van der Waals surface area contributed by atoms with E-state index in [1.54, 1.807) is 0 Å². The van der Waals surface area contributed by atoms with E-state index in [9.17, 15) is 8.42 Å². The average molecular weight is 344 g/mol. The summed E-state index contributed by atoms with van der Waals surface area (Å²) < 4.78 is 26.5. The SMILES string of the molecule is O=S(=O)(c1cc(Cl)c(Cl)cc1Cl)N1CCCNCC1. The summed E-state index contributed by atoms with van der Waals surface area (Å²) in [6.07, 6.45) is 0.762. The smallest absolute Gasteiger partial charge is 0.244 e. The summed E-state index contributed by atoms with van der Waals surface area (Å²) >= 11 is 17.7. The lowest BCUT2D eigenvalue weighted by molar-refractivity contribution is 0.432. The Kier molecular flexibility index (Phi) is 4.98. The van der Waals surface area contributed by atoms with Crippen molar-refractivity contribution >= 4 is 44.8 Å². The number of hydrogen-bond acceptors (Lipinski definition) is 3. The molecule has 0 atom stereocenters. The molecule has 0 aromatic heterocycles. The monoisotopic (exact) mass is 342 g/mol. The van der Waals surface area contributed by atoms with Gasteiger partial charge >= 0.3 is 0 Å². The molecule has 0 unspecified atom stereocenters. The minimum atomic E-state index is -3.64. The molecule has 1 aromatic carbocycles. The quantitative estimate of drug-likeness (QED) is 0.840. The first kappa shape index (κ1) is 15.4. The van der Waals surface area contributed by atoms with Crippen LogP contribution in [0.15, 0.2) is 17.0 Å². The van der Waals surface area contributed by atoms with Crippen molar-refractivity contribution in [1.82, 2.24) is 9.62 Å². The van der Waals surface area contributed by atoms with Gasteiger partial charge in [-0.2, -0.15) is 4.31 Å². The fraction of sp³-hybridized carbons (Fsp3) is 0.455. The number of rotatable bonds is 2. The molecular weight excluding hydrogens is 331 g/mol. The van der Waals surface area contributed by atoms with E-state index in [2.05, 4.69) is 5.32 Å². The summed E-state index contributed by atoms with van der Waals surface area (Å²) in [5.41, 5.74) is 0. The maximum absolute atomic E-state index is 12.5.